The number of nitrogens with two attached hydrogens (primary N) is 1. The van der Waals surface area contributed by atoms with Gasteiger partial charge in [-0.1, -0.05) is 36.4 Å². The van der Waals surface area contributed by atoms with Crippen molar-refractivity contribution >= 4 is 11.9 Å². The van der Waals surface area contributed by atoms with Gasteiger partial charge in [-0.15, -0.1) is 0 Å². The van der Waals surface area contributed by atoms with Crippen LogP contribution in [0.4, 0.5) is 0 Å². The molecule has 26 heavy (non-hydrogen) atoms. The lowest BCUT2D eigenvalue weighted by molar-refractivity contribution is -0.127. The van der Waals surface area contributed by atoms with Crippen LogP contribution in [0.5, 0.6) is 5.75 Å². The molecule has 0 aliphatic carbocycles. The summed E-state index contributed by atoms with van der Waals surface area (Å²) in [5.74, 6) is -0.819. The van der Waals surface area contributed by atoms with E-state index in [0.29, 0.717) is 17.9 Å². The van der Waals surface area contributed by atoms with Crippen LogP contribution < -0.4 is 10.5 Å². The van der Waals surface area contributed by atoms with E-state index in [1.807, 2.05) is 0 Å². The Bertz CT molecular complexity index is 756. The van der Waals surface area contributed by atoms with Gasteiger partial charge in [0.25, 0.3) is 5.91 Å². The summed E-state index contributed by atoms with van der Waals surface area (Å²) in [5, 5.41) is 0. The van der Waals surface area contributed by atoms with Gasteiger partial charge in [-0.25, -0.2) is 4.79 Å². The molecule has 2 aromatic rings. The highest BCUT2D eigenvalue weighted by molar-refractivity contribution is 5.92. The number of esters is 1. The van der Waals surface area contributed by atoms with E-state index in [4.69, 9.17) is 19.9 Å². The van der Waals surface area contributed by atoms with Gasteiger partial charge in [-0.2, -0.15) is 0 Å². The predicted molar refractivity (Wildman–Crippen MR) is 94.7 cm³/mol. The standard InChI is InChI=1S/C20H21NO5/c21-19(22)18(14-6-2-1-3-7-14)26-20(23)15-8-4-9-16(12-15)25-13-17-10-5-11-24-17/h1-4,6-9,12,17-18H,5,10-11,13H2,(H2,21,22). The molecule has 1 saturated heterocycles. The number of carbonyl (C=O) groups excluding carboxylic acids is 2. The molecule has 0 aromatic heterocycles. The van der Waals surface area contributed by atoms with E-state index in [2.05, 4.69) is 0 Å². The molecule has 2 N–H and O–H groups in total. The van der Waals surface area contributed by atoms with Crippen LogP contribution in [-0.4, -0.2) is 31.2 Å². The molecule has 0 bridgehead atoms. The molecule has 0 spiro atoms. The first-order valence-electron chi connectivity index (χ1n) is 8.53. The molecule has 1 amide bonds. The molecule has 2 unspecified atom stereocenters. The summed E-state index contributed by atoms with van der Waals surface area (Å²) in [5.41, 5.74) is 6.20. The molecule has 1 aliphatic heterocycles. The van der Waals surface area contributed by atoms with Crippen LogP contribution in [0.15, 0.2) is 54.6 Å². The van der Waals surface area contributed by atoms with Gasteiger partial charge >= 0.3 is 5.97 Å². The monoisotopic (exact) mass is 355 g/mol. The van der Waals surface area contributed by atoms with Crippen molar-refractivity contribution in [3.63, 3.8) is 0 Å². The maximum atomic E-state index is 12.4. The van der Waals surface area contributed by atoms with E-state index in [1.54, 1.807) is 54.6 Å². The Balaban J connectivity index is 1.66. The van der Waals surface area contributed by atoms with Crippen LogP contribution in [0.1, 0.15) is 34.9 Å². The fourth-order valence-electron chi connectivity index (χ4n) is 2.77. The van der Waals surface area contributed by atoms with Gasteiger partial charge < -0.3 is 19.9 Å². The van der Waals surface area contributed by atoms with Gasteiger partial charge in [-0.05, 0) is 31.0 Å². The third-order valence-corrected chi connectivity index (χ3v) is 4.12. The van der Waals surface area contributed by atoms with Gasteiger partial charge in [0.2, 0.25) is 6.10 Å². The summed E-state index contributed by atoms with van der Waals surface area (Å²) < 4.78 is 16.5. The van der Waals surface area contributed by atoms with Crippen molar-refractivity contribution in [1.82, 2.24) is 0 Å². The van der Waals surface area contributed by atoms with Crippen molar-refractivity contribution in [3.05, 3.63) is 65.7 Å². The topological polar surface area (TPSA) is 87.9 Å². The van der Waals surface area contributed by atoms with Crippen LogP contribution in [0.25, 0.3) is 0 Å². The Morgan fingerprint density at radius 1 is 1.15 bits per heavy atom. The SMILES string of the molecule is NC(=O)C(OC(=O)c1cccc(OCC2CCCO2)c1)c1ccccc1. The Labute approximate surface area is 151 Å². The Morgan fingerprint density at radius 3 is 2.65 bits per heavy atom. The minimum absolute atomic E-state index is 0.0860. The van der Waals surface area contributed by atoms with E-state index in [-0.39, 0.29) is 11.7 Å². The van der Waals surface area contributed by atoms with Gasteiger partial charge in [0.1, 0.15) is 12.4 Å². The summed E-state index contributed by atoms with van der Waals surface area (Å²) in [6.45, 7) is 1.20. The van der Waals surface area contributed by atoms with Gasteiger partial charge in [0.05, 0.1) is 11.7 Å². The zero-order chi connectivity index (χ0) is 18.4. The van der Waals surface area contributed by atoms with E-state index in [9.17, 15) is 9.59 Å². The zero-order valence-corrected chi connectivity index (χ0v) is 14.3. The number of hydrogen-bond donors (Lipinski definition) is 1. The van der Waals surface area contributed by atoms with E-state index in [1.165, 1.54) is 0 Å². The molecule has 2 aromatic carbocycles. The average Bonchev–Trinajstić information content (AvgIpc) is 3.18. The quantitative estimate of drug-likeness (QED) is 0.772. The van der Waals surface area contributed by atoms with Crippen molar-refractivity contribution in [2.24, 2.45) is 5.73 Å². The first-order valence-corrected chi connectivity index (χ1v) is 8.53. The van der Waals surface area contributed by atoms with Crippen LogP contribution in [0.2, 0.25) is 0 Å². The Kier molecular flexibility index (Phi) is 5.86. The lowest BCUT2D eigenvalue weighted by Crippen LogP contribution is -2.26. The van der Waals surface area contributed by atoms with Crippen LogP contribution in [0, 0.1) is 0 Å². The second-order valence-electron chi connectivity index (χ2n) is 6.07. The van der Waals surface area contributed by atoms with E-state index < -0.39 is 18.0 Å². The largest absolute Gasteiger partial charge is 0.491 e. The highest BCUT2D eigenvalue weighted by atomic mass is 16.5. The van der Waals surface area contributed by atoms with Crippen molar-refractivity contribution in [2.45, 2.75) is 25.0 Å². The minimum Gasteiger partial charge on any atom is -0.491 e. The molecule has 0 saturated carbocycles. The number of primary amides is 1. The number of ether oxygens (including phenoxy) is 3. The van der Waals surface area contributed by atoms with Gasteiger partial charge in [-0.3, -0.25) is 4.79 Å². The van der Waals surface area contributed by atoms with Crippen molar-refractivity contribution in [3.8, 4) is 5.75 Å². The number of benzene rings is 2. The Hall–Kier alpha value is -2.86. The second kappa shape index (κ2) is 8.49. The van der Waals surface area contributed by atoms with E-state index >= 15 is 0 Å². The lowest BCUT2D eigenvalue weighted by atomic mass is 10.1. The summed E-state index contributed by atoms with van der Waals surface area (Å²) in [7, 11) is 0. The molecular weight excluding hydrogens is 334 g/mol. The summed E-state index contributed by atoms with van der Waals surface area (Å²) >= 11 is 0. The maximum absolute atomic E-state index is 12.4. The van der Waals surface area contributed by atoms with Gasteiger partial charge in [0.15, 0.2) is 0 Å². The maximum Gasteiger partial charge on any atom is 0.339 e. The molecule has 136 valence electrons. The number of carbonyl (C=O) groups is 2. The average molecular weight is 355 g/mol. The number of rotatable bonds is 7. The molecule has 0 radical (unpaired) electrons. The smallest absolute Gasteiger partial charge is 0.339 e. The fourth-order valence-corrected chi connectivity index (χ4v) is 2.77. The van der Waals surface area contributed by atoms with E-state index in [0.717, 1.165) is 19.4 Å². The molecule has 1 heterocycles. The van der Waals surface area contributed by atoms with Crippen molar-refractivity contribution < 1.29 is 23.8 Å². The minimum atomic E-state index is -1.14. The molecule has 2 atom stereocenters. The molecule has 1 fully saturated rings. The third-order valence-electron chi connectivity index (χ3n) is 4.12. The van der Waals surface area contributed by atoms with Crippen LogP contribution >= 0.6 is 0 Å². The summed E-state index contributed by atoms with van der Waals surface area (Å²) in [6.07, 6.45) is 0.955. The molecule has 3 rings (SSSR count). The van der Waals surface area contributed by atoms with Gasteiger partial charge in [0, 0.05) is 12.2 Å². The third kappa shape index (κ3) is 4.61. The normalized spacial score (nSPS) is 17.5. The first-order chi connectivity index (χ1) is 12.6. The summed E-state index contributed by atoms with van der Waals surface area (Å²) in [4.78, 5) is 24.1. The Morgan fingerprint density at radius 2 is 1.96 bits per heavy atom. The van der Waals surface area contributed by atoms with Crippen LogP contribution in [0.3, 0.4) is 0 Å². The lowest BCUT2D eigenvalue weighted by Gasteiger charge is -2.16. The second-order valence-corrected chi connectivity index (χ2v) is 6.07. The molecular formula is C20H21NO5. The molecule has 6 nitrogen and oxygen atoms in total. The highest BCUT2D eigenvalue weighted by Gasteiger charge is 2.23. The zero-order valence-electron chi connectivity index (χ0n) is 14.3. The number of amides is 1. The molecule has 6 heteroatoms. The van der Waals surface area contributed by atoms with Crippen molar-refractivity contribution in [2.75, 3.05) is 13.2 Å². The number of hydrogen-bond acceptors (Lipinski definition) is 5. The fraction of sp³-hybridized carbons (Fsp3) is 0.300. The van der Waals surface area contributed by atoms with Crippen LogP contribution in [-0.2, 0) is 14.3 Å². The predicted octanol–water partition coefficient (Wildman–Crippen LogP) is 2.63. The highest BCUT2D eigenvalue weighted by Crippen LogP contribution is 2.21. The molecule has 1 aliphatic rings. The summed E-state index contributed by atoms with van der Waals surface area (Å²) in [6, 6.07) is 15.3. The van der Waals surface area contributed by atoms with Crippen molar-refractivity contribution in [1.29, 1.82) is 0 Å². The first kappa shape index (κ1) is 17.9.